The second-order valence-electron chi connectivity index (χ2n) is 7.47. The molecule has 0 unspecified atom stereocenters. The van der Waals surface area contributed by atoms with E-state index in [0.717, 1.165) is 4.90 Å². The molecule has 0 saturated heterocycles. The number of nitrogens with zero attached hydrogens (tertiary/aromatic N) is 4. The molecule has 0 aliphatic heterocycles. The second kappa shape index (κ2) is 9.86. The van der Waals surface area contributed by atoms with Crippen molar-refractivity contribution < 1.29 is 13.9 Å². The van der Waals surface area contributed by atoms with Gasteiger partial charge in [-0.25, -0.2) is 9.37 Å². The molecule has 4 rings (SSSR count). The molecule has 2 aromatic heterocycles. The van der Waals surface area contributed by atoms with Crippen molar-refractivity contribution in [3.05, 3.63) is 82.8 Å². The van der Waals surface area contributed by atoms with E-state index in [4.69, 9.17) is 4.74 Å². The highest BCUT2D eigenvalue weighted by Crippen LogP contribution is 2.29. The van der Waals surface area contributed by atoms with Crippen LogP contribution in [0, 0.1) is 5.82 Å². The Bertz CT molecular complexity index is 1350. The van der Waals surface area contributed by atoms with Crippen molar-refractivity contribution in [1.82, 2.24) is 19.2 Å². The first-order valence-corrected chi connectivity index (χ1v) is 11.3. The molecular weight excluding hydrogens is 445 g/mol. The Hall–Kier alpha value is -3.66. The molecule has 10 heteroatoms. The number of nitrogens with one attached hydrogen (secondary N) is 1. The molecule has 2 heterocycles. The fourth-order valence-corrected chi connectivity index (χ4v) is 4.05. The van der Waals surface area contributed by atoms with Crippen LogP contribution in [0.5, 0.6) is 5.75 Å². The zero-order chi connectivity index (χ0) is 23.4. The number of benzene rings is 2. The molecule has 4 aromatic rings. The third-order valence-electron chi connectivity index (χ3n) is 4.72. The van der Waals surface area contributed by atoms with E-state index < -0.39 is 11.7 Å². The van der Waals surface area contributed by atoms with Gasteiger partial charge >= 0.3 is 0 Å². The fourth-order valence-electron chi connectivity index (χ4n) is 3.15. The van der Waals surface area contributed by atoms with Crippen LogP contribution in [-0.2, 0) is 10.5 Å². The molecule has 1 amide bonds. The van der Waals surface area contributed by atoms with Gasteiger partial charge in [-0.05, 0) is 38.1 Å². The summed E-state index contributed by atoms with van der Waals surface area (Å²) in [5.74, 6) is -0.163. The van der Waals surface area contributed by atoms with Crippen molar-refractivity contribution in [1.29, 1.82) is 0 Å². The van der Waals surface area contributed by atoms with E-state index in [-0.39, 0.29) is 24.0 Å². The van der Waals surface area contributed by atoms with Crippen LogP contribution in [0.15, 0.2) is 70.6 Å². The predicted molar refractivity (Wildman–Crippen MR) is 124 cm³/mol. The largest absolute Gasteiger partial charge is 0.481 e. The van der Waals surface area contributed by atoms with Crippen molar-refractivity contribution in [2.75, 3.05) is 11.9 Å². The molecular formula is C23H22FN5O3S. The molecule has 0 spiro atoms. The minimum absolute atomic E-state index is 0.0166. The first-order chi connectivity index (χ1) is 15.9. The van der Waals surface area contributed by atoms with E-state index in [2.05, 4.69) is 15.3 Å². The van der Waals surface area contributed by atoms with Crippen LogP contribution in [0.2, 0.25) is 0 Å². The van der Waals surface area contributed by atoms with Gasteiger partial charge in [-0.2, -0.15) is 9.50 Å². The van der Waals surface area contributed by atoms with E-state index in [0.29, 0.717) is 22.9 Å². The average molecular weight is 468 g/mol. The van der Waals surface area contributed by atoms with Gasteiger partial charge in [0.1, 0.15) is 6.33 Å². The van der Waals surface area contributed by atoms with E-state index in [1.165, 1.54) is 34.5 Å². The van der Waals surface area contributed by atoms with Crippen molar-refractivity contribution >= 4 is 29.1 Å². The van der Waals surface area contributed by atoms with Gasteiger partial charge in [0.25, 0.3) is 17.2 Å². The Morgan fingerprint density at radius 3 is 2.73 bits per heavy atom. The van der Waals surface area contributed by atoms with Crippen molar-refractivity contribution in [2.24, 2.45) is 0 Å². The normalized spacial score (nSPS) is 11.2. The van der Waals surface area contributed by atoms with Crippen molar-refractivity contribution in [2.45, 2.75) is 30.5 Å². The smallest absolute Gasteiger partial charge is 0.274 e. The molecule has 8 nitrogen and oxygen atoms in total. The van der Waals surface area contributed by atoms with Gasteiger partial charge in [-0.3, -0.25) is 14.3 Å². The molecule has 0 aliphatic carbocycles. The van der Waals surface area contributed by atoms with Gasteiger partial charge in [0.05, 0.1) is 11.4 Å². The Morgan fingerprint density at radius 2 is 1.94 bits per heavy atom. The van der Waals surface area contributed by atoms with Crippen LogP contribution < -0.4 is 15.6 Å². The summed E-state index contributed by atoms with van der Waals surface area (Å²) in [6, 6.07) is 14.7. The zero-order valence-corrected chi connectivity index (χ0v) is 18.9. The van der Waals surface area contributed by atoms with Crippen LogP contribution in [-0.4, -0.2) is 31.7 Å². The number of anilines is 1. The predicted octanol–water partition coefficient (Wildman–Crippen LogP) is 3.92. The molecule has 0 fully saturated rings. The highest BCUT2D eigenvalue weighted by Gasteiger charge is 2.13. The number of para-hydroxylation sites is 2. The topological polar surface area (TPSA) is 90.5 Å². The lowest BCUT2D eigenvalue weighted by Gasteiger charge is -2.12. The quantitative estimate of drug-likeness (QED) is 0.395. The van der Waals surface area contributed by atoms with Gasteiger partial charge in [0, 0.05) is 22.8 Å². The first kappa shape index (κ1) is 22.5. The molecule has 0 bridgehead atoms. The average Bonchev–Trinajstić information content (AvgIpc) is 3.23. The summed E-state index contributed by atoms with van der Waals surface area (Å²) >= 11 is 1.43. The maximum Gasteiger partial charge on any atom is 0.274 e. The summed E-state index contributed by atoms with van der Waals surface area (Å²) in [6.07, 6.45) is 1.60. The Kier molecular flexibility index (Phi) is 6.74. The lowest BCUT2D eigenvalue weighted by Crippen LogP contribution is -2.22. The monoisotopic (exact) mass is 467 g/mol. The van der Waals surface area contributed by atoms with Gasteiger partial charge < -0.3 is 10.1 Å². The molecule has 0 saturated carbocycles. The van der Waals surface area contributed by atoms with E-state index >= 15 is 0 Å². The zero-order valence-electron chi connectivity index (χ0n) is 18.1. The van der Waals surface area contributed by atoms with Crippen molar-refractivity contribution in [3.8, 4) is 5.75 Å². The van der Waals surface area contributed by atoms with Crippen molar-refractivity contribution in [3.63, 3.8) is 0 Å². The molecule has 170 valence electrons. The highest BCUT2D eigenvalue weighted by atomic mass is 32.2. The Balaban J connectivity index is 1.43. The number of amides is 1. The number of ether oxygens (including phenoxy) is 1. The summed E-state index contributed by atoms with van der Waals surface area (Å²) in [7, 11) is 0. The highest BCUT2D eigenvalue weighted by molar-refractivity contribution is 7.98. The molecule has 2 aromatic carbocycles. The maximum absolute atomic E-state index is 13.7. The molecule has 0 aliphatic rings. The number of rotatable bonds is 8. The number of thioether (sulfide) groups is 1. The standard InChI is InChI=1S/C23H22FN5O3S/c1-15(2)28-14-25-23-26-16(11-22(31)29(23)28)13-33-20-10-6-4-8-18(20)27-21(30)12-32-19-9-5-3-7-17(19)24/h3-11,14-15H,12-13H2,1-2H3,(H,27,30). The molecule has 1 N–H and O–H groups in total. The van der Waals surface area contributed by atoms with Crippen LogP contribution in [0.3, 0.4) is 0 Å². The minimum Gasteiger partial charge on any atom is -0.481 e. The number of hydrogen-bond acceptors (Lipinski definition) is 6. The molecule has 0 radical (unpaired) electrons. The third-order valence-corrected chi connectivity index (χ3v) is 5.82. The van der Waals surface area contributed by atoms with Gasteiger partial charge in [-0.1, -0.05) is 24.3 Å². The van der Waals surface area contributed by atoms with E-state index in [9.17, 15) is 14.0 Å². The number of aromatic nitrogens is 4. The van der Waals surface area contributed by atoms with Gasteiger partial charge in [-0.15, -0.1) is 11.8 Å². The molecule has 33 heavy (non-hydrogen) atoms. The van der Waals surface area contributed by atoms with Crippen LogP contribution >= 0.6 is 11.8 Å². The van der Waals surface area contributed by atoms with Crippen LogP contribution in [0.25, 0.3) is 5.78 Å². The SMILES string of the molecule is CC(C)n1cnc2nc(CSc3ccccc3NC(=O)COc3ccccc3F)cc(=O)n21. The summed E-state index contributed by atoms with van der Waals surface area (Å²) in [6.45, 7) is 3.60. The van der Waals surface area contributed by atoms with E-state index in [1.807, 2.05) is 26.0 Å². The van der Waals surface area contributed by atoms with Crippen LogP contribution in [0.4, 0.5) is 10.1 Å². The number of hydrogen-bond donors (Lipinski definition) is 1. The minimum atomic E-state index is -0.528. The fraction of sp³-hybridized carbons (Fsp3) is 0.217. The summed E-state index contributed by atoms with van der Waals surface area (Å²) < 4.78 is 22.1. The molecule has 0 atom stereocenters. The third kappa shape index (κ3) is 5.23. The second-order valence-corrected chi connectivity index (χ2v) is 8.49. The summed E-state index contributed by atoms with van der Waals surface area (Å²) in [4.78, 5) is 34.4. The Labute approximate surface area is 193 Å². The number of fused-ring (bicyclic) bond motifs is 1. The summed E-state index contributed by atoms with van der Waals surface area (Å²) in [5.41, 5.74) is 0.975. The van der Waals surface area contributed by atoms with Crippen LogP contribution in [0.1, 0.15) is 25.6 Å². The van der Waals surface area contributed by atoms with Gasteiger partial charge in [0.2, 0.25) is 0 Å². The number of carbonyl (C=O) groups is 1. The maximum atomic E-state index is 13.7. The lowest BCUT2D eigenvalue weighted by atomic mass is 10.3. The summed E-state index contributed by atoms with van der Waals surface area (Å²) in [5, 5.41) is 2.78. The van der Waals surface area contributed by atoms with Gasteiger partial charge in [0.15, 0.2) is 18.2 Å². The first-order valence-electron chi connectivity index (χ1n) is 10.3. The number of halogens is 1. The number of carbonyl (C=O) groups excluding carboxylic acids is 1. The lowest BCUT2D eigenvalue weighted by molar-refractivity contribution is -0.118. The Morgan fingerprint density at radius 1 is 1.18 bits per heavy atom. The van der Waals surface area contributed by atoms with E-state index in [1.54, 1.807) is 35.3 Å².